The molecule has 0 amide bonds. The van der Waals surface area contributed by atoms with E-state index in [1.807, 2.05) is 0 Å². The highest BCUT2D eigenvalue weighted by Gasteiger charge is 2.30. The smallest absolute Gasteiger partial charge is 0.236 e. The maximum Gasteiger partial charge on any atom is 0.236 e. The average molecular weight is 287 g/mol. The summed E-state index contributed by atoms with van der Waals surface area (Å²) in [6, 6.07) is 0. The highest BCUT2D eigenvalue weighted by atomic mass is 32.2. The second-order valence-corrected chi connectivity index (χ2v) is 6.53. The molecule has 8 nitrogen and oxygen atoms in total. The minimum absolute atomic E-state index is 0.183. The number of rotatable bonds is 4. The summed E-state index contributed by atoms with van der Waals surface area (Å²) in [4.78, 5) is 0. The van der Waals surface area contributed by atoms with Gasteiger partial charge in [0.05, 0.1) is 17.0 Å². The zero-order valence-corrected chi connectivity index (χ0v) is 11.4. The summed E-state index contributed by atoms with van der Waals surface area (Å²) in [5.41, 5.74) is 5.75. The fraction of sp³-hybridized carbons (Fsp3) is 0.600. The van der Waals surface area contributed by atoms with Crippen LogP contribution >= 0.6 is 0 Å². The molecule has 9 heteroatoms. The summed E-state index contributed by atoms with van der Waals surface area (Å²) in [5, 5.41) is 15.1. The van der Waals surface area contributed by atoms with Crippen LogP contribution in [-0.4, -0.2) is 34.5 Å². The number of amidine groups is 1. The molecule has 0 bridgehead atoms. The SMILES string of the molecule is Cn1ncc(C(N)=NO)c1NS(=O)(=O)C1CCCC1. The molecule has 1 aromatic rings. The Hall–Kier alpha value is -1.77. The number of hydrogen-bond acceptors (Lipinski definition) is 5. The quantitative estimate of drug-likeness (QED) is 0.316. The van der Waals surface area contributed by atoms with Gasteiger partial charge in [-0.1, -0.05) is 18.0 Å². The summed E-state index contributed by atoms with van der Waals surface area (Å²) in [7, 11) is -1.89. The Kier molecular flexibility index (Phi) is 3.65. The molecule has 0 atom stereocenters. The lowest BCUT2D eigenvalue weighted by molar-refractivity contribution is 0.318. The van der Waals surface area contributed by atoms with Gasteiger partial charge in [-0.05, 0) is 12.8 Å². The Morgan fingerprint density at radius 3 is 2.79 bits per heavy atom. The van der Waals surface area contributed by atoms with E-state index in [1.165, 1.54) is 10.9 Å². The van der Waals surface area contributed by atoms with Crippen LogP contribution < -0.4 is 10.5 Å². The molecule has 1 aliphatic rings. The molecule has 1 heterocycles. The third-order valence-electron chi connectivity index (χ3n) is 3.30. The van der Waals surface area contributed by atoms with E-state index in [0.29, 0.717) is 12.8 Å². The van der Waals surface area contributed by atoms with E-state index < -0.39 is 10.0 Å². The van der Waals surface area contributed by atoms with Crippen LogP contribution in [0.1, 0.15) is 31.2 Å². The summed E-state index contributed by atoms with van der Waals surface area (Å²) in [6.07, 6.45) is 4.51. The van der Waals surface area contributed by atoms with Crippen LogP contribution in [0.3, 0.4) is 0 Å². The molecular formula is C10H17N5O3S. The Bertz CT molecular complexity index is 586. The molecule has 4 N–H and O–H groups in total. The van der Waals surface area contributed by atoms with E-state index >= 15 is 0 Å². The predicted molar refractivity (Wildman–Crippen MR) is 70.5 cm³/mol. The number of aromatic nitrogens is 2. The van der Waals surface area contributed by atoms with Crippen molar-refractivity contribution in [3.8, 4) is 0 Å². The molecule has 1 aliphatic carbocycles. The fourth-order valence-corrected chi connectivity index (χ4v) is 3.85. The molecule has 0 aromatic carbocycles. The van der Waals surface area contributed by atoms with E-state index in [-0.39, 0.29) is 22.5 Å². The summed E-state index contributed by atoms with van der Waals surface area (Å²) in [6.45, 7) is 0. The van der Waals surface area contributed by atoms with E-state index in [9.17, 15) is 8.42 Å². The summed E-state index contributed by atoms with van der Waals surface area (Å²) < 4.78 is 28.3. The number of anilines is 1. The van der Waals surface area contributed by atoms with Gasteiger partial charge in [-0.15, -0.1) is 0 Å². The zero-order chi connectivity index (χ0) is 14.0. The number of nitrogens with zero attached hydrogens (tertiary/aromatic N) is 3. The molecule has 2 rings (SSSR count). The van der Waals surface area contributed by atoms with Crippen molar-refractivity contribution in [1.29, 1.82) is 0 Å². The molecule has 1 saturated carbocycles. The van der Waals surface area contributed by atoms with Crippen molar-refractivity contribution in [3.05, 3.63) is 11.8 Å². The monoisotopic (exact) mass is 287 g/mol. The lowest BCUT2D eigenvalue weighted by Gasteiger charge is -2.14. The number of oxime groups is 1. The molecule has 0 aliphatic heterocycles. The Balaban J connectivity index is 2.30. The van der Waals surface area contributed by atoms with Gasteiger partial charge in [-0.25, -0.2) is 8.42 Å². The van der Waals surface area contributed by atoms with Crippen molar-refractivity contribution in [2.45, 2.75) is 30.9 Å². The van der Waals surface area contributed by atoms with Crippen LogP contribution in [0.2, 0.25) is 0 Å². The lowest BCUT2D eigenvalue weighted by atomic mass is 10.3. The Labute approximate surface area is 111 Å². The molecule has 0 spiro atoms. The van der Waals surface area contributed by atoms with Gasteiger partial charge >= 0.3 is 0 Å². The van der Waals surface area contributed by atoms with Crippen LogP contribution in [0.5, 0.6) is 0 Å². The first kappa shape index (κ1) is 13.7. The molecule has 19 heavy (non-hydrogen) atoms. The minimum atomic E-state index is -3.47. The van der Waals surface area contributed by atoms with Crippen molar-refractivity contribution >= 4 is 21.7 Å². The van der Waals surface area contributed by atoms with Crippen LogP contribution in [0.15, 0.2) is 11.4 Å². The number of hydrogen-bond donors (Lipinski definition) is 3. The van der Waals surface area contributed by atoms with E-state index in [1.54, 1.807) is 7.05 Å². The third kappa shape index (κ3) is 2.65. The Morgan fingerprint density at radius 1 is 1.58 bits per heavy atom. The van der Waals surface area contributed by atoms with Crippen molar-refractivity contribution in [2.75, 3.05) is 4.72 Å². The van der Waals surface area contributed by atoms with Gasteiger partial charge in [0, 0.05) is 7.05 Å². The summed E-state index contributed by atoms with van der Waals surface area (Å²) >= 11 is 0. The van der Waals surface area contributed by atoms with Crippen molar-refractivity contribution < 1.29 is 13.6 Å². The van der Waals surface area contributed by atoms with Crippen molar-refractivity contribution in [3.63, 3.8) is 0 Å². The third-order valence-corrected chi connectivity index (χ3v) is 5.13. The number of sulfonamides is 1. The molecule has 1 fully saturated rings. The predicted octanol–water partition coefficient (Wildman–Crippen LogP) is 0.199. The van der Waals surface area contributed by atoms with E-state index in [2.05, 4.69) is 15.0 Å². The molecule has 1 aromatic heterocycles. The number of nitrogens with one attached hydrogen (secondary N) is 1. The normalized spacial score (nSPS) is 17.8. The van der Waals surface area contributed by atoms with Gasteiger partial charge in [0.25, 0.3) is 0 Å². The van der Waals surface area contributed by atoms with Gasteiger partial charge in [0.1, 0.15) is 5.82 Å². The van der Waals surface area contributed by atoms with Crippen molar-refractivity contribution in [2.24, 2.45) is 17.9 Å². The largest absolute Gasteiger partial charge is 0.409 e. The first-order valence-electron chi connectivity index (χ1n) is 5.97. The van der Waals surface area contributed by atoms with Crippen LogP contribution in [-0.2, 0) is 17.1 Å². The zero-order valence-electron chi connectivity index (χ0n) is 10.6. The lowest BCUT2D eigenvalue weighted by Crippen LogP contribution is -2.28. The molecule has 0 saturated heterocycles. The minimum Gasteiger partial charge on any atom is -0.409 e. The van der Waals surface area contributed by atoms with Crippen LogP contribution in [0.25, 0.3) is 0 Å². The first-order valence-corrected chi connectivity index (χ1v) is 7.52. The maximum absolute atomic E-state index is 12.2. The molecule has 0 radical (unpaired) electrons. The van der Waals surface area contributed by atoms with Crippen molar-refractivity contribution in [1.82, 2.24) is 9.78 Å². The van der Waals surface area contributed by atoms with E-state index in [0.717, 1.165) is 12.8 Å². The standard InChI is InChI=1S/C10H17N5O3S/c1-15-10(8(6-12-15)9(11)13-16)14-19(17,18)7-4-2-3-5-7/h6-7,14,16H,2-5H2,1H3,(H2,11,13). The highest BCUT2D eigenvalue weighted by Crippen LogP contribution is 2.27. The maximum atomic E-state index is 12.2. The fourth-order valence-electron chi connectivity index (χ4n) is 2.22. The van der Waals surface area contributed by atoms with Gasteiger partial charge in [-0.3, -0.25) is 9.40 Å². The molecule has 106 valence electrons. The van der Waals surface area contributed by atoms with Gasteiger partial charge in [0.2, 0.25) is 10.0 Å². The van der Waals surface area contributed by atoms with Gasteiger partial charge in [0.15, 0.2) is 5.84 Å². The number of aryl methyl sites for hydroxylation is 1. The topological polar surface area (TPSA) is 123 Å². The average Bonchev–Trinajstić information content (AvgIpc) is 3.00. The second kappa shape index (κ2) is 5.08. The van der Waals surface area contributed by atoms with Gasteiger partial charge in [-0.2, -0.15) is 5.10 Å². The molecular weight excluding hydrogens is 270 g/mol. The van der Waals surface area contributed by atoms with Crippen LogP contribution in [0, 0.1) is 0 Å². The van der Waals surface area contributed by atoms with Crippen LogP contribution in [0.4, 0.5) is 5.82 Å². The highest BCUT2D eigenvalue weighted by molar-refractivity contribution is 7.93. The first-order chi connectivity index (χ1) is 8.95. The second-order valence-electron chi connectivity index (χ2n) is 4.57. The van der Waals surface area contributed by atoms with Gasteiger partial charge < -0.3 is 10.9 Å². The summed E-state index contributed by atoms with van der Waals surface area (Å²) in [5.74, 6) is 0.0272. The van der Waals surface area contributed by atoms with E-state index in [4.69, 9.17) is 10.9 Å². The number of nitrogens with two attached hydrogens (primary N) is 1. The Morgan fingerprint density at radius 2 is 2.21 bits per heavy atom. The molecule has 0 unspecified atom stereocenters.